The first kappa shape index (κ1) is 14.3. The fourth-order valence-corrected chi connectivity index (χ4v) is 2.17. The second-order valence-corrected chi connectivity index (χ2v) is 4.62. The molecule has 0 spiro atoms. The van der Waals surface area contributed by atoms with Crippen LogP contribution in [-0.4, -0.2) is 28.5 Å². The van der Waals surface area contributed by atoms with E-state index in [4.69, 9.17) is 5.73 Å². The maximum absolute atomic E-state index is 12.6. The standard InChI is InChI=1S/C15H20N4O/c1-3-19(14-7-5-4-6-12(14)2)15(20)13-10-18(9-8-16)11-17-13/h4-7,10-11H,3,8-9,16H2,1-2H3. The van der Waals surface area contributed by atoms with Gasteiger partial charge in [0.15, 0.2) is 0 Å². The number of amides is 1. The zero-order valence-electron chi connectivity index (χ0n) is 11.9. The Morgan fingerprint density at radius 2 is 2.15 bits per heavy atom. The molecule has 1 aromatic heterocycles. The minimum atomic E-state index is -0.0856. The molecule has 0 aliphatic heterocycles. The van der Waals surface area contributed by atoms with E-state index < -0.39 is 0 Å². The maximum Gasteiger partial charge on any atom is 0.278 e. The molecule has 0 unspecified atom stereocenters. The molecule has 0 atom stereocenters. The van der Waals surface area contributed by atoms with Gasteiger partial charge in [-0.2, -0.15) is 0 Å². The second kappa shape index (κ2) is 6.34. The summed E-state index contributed by atoms with van der Waals surface area (Å²) < 4.78 is 1.83. The van der Waals surface area contributed by atoms with Gasteiger partial charge in [0.2, 0.25) is 0 Å². The first-order valence-corrected chi connectivity index (χ1v) is 6.76. The van der Waals surface area contributed by atoms with Crippen LogP contribution in [0.4, 0.5) is 5.69 Å². The number of anilines is 1. The van der Waals surface area contributed by atoms with Gasteiger partial charge in [0.1, 0.15) is 5.69 Å². The van der Waals surface area contributed by atoms with Gasteiger partial charge >= 0.3 is 0 Å². The molecular formula is C15H20N4O. The summed E-state index contributed by atoms with van der Waals surface area (Å²) in [5.74, 6) is -0.0856. The molecule has 2 N–H and O–H groups in total. The van der Waals surface area contributed by atoms with E-state index in [1.165, 1.54) is 0 Å². The van der Waals surface area contributed by atoms with Crippen LogP contribution in [0.25, 0.3) is 0 Å². The van der Waals surface area contributed by atoms with Crippen molar-refractivity contribution < 1.29 is 4.79 Å². The first-order chi connectivity index (χ1) is 9.67. The lowest BCUT2D eigenvalue weighted by Crippen LogP contribution is -2.31. The Morgan fingerprint density at radius 1 is 1.40 bits per heavy atom. The van der Waals surface area contributed by atoms with Crippen molar-refractivity contribution in [2.45, 2.75) is 20.4 Å². The van der Waals surface area contributed by atoms with Crippen LogP contribution in [0, 0.1) is 6.92 Å². The van der Waals surface area contributed by atoms with E-state index in [9.17, 15) is 4.79 Å². The Bertz CT molecular complexity index is 591. The lowest BCUT2D eigenvalue weighted by atomic mass is 10.1. The van der Waals surface area contributed by atoms with E-state index in [0.717, 1.165) is 11.3 Å². The number of benzene rings is 1. The zero-order chi connectivity index (χ0) is 14.5. The Morgan fingerprint density at radius 3 is 2.80 bits per heavy atom. The third kappa shape index (κ3) is 2.88. The van der Waals surface area contributed by atoms with Crippen molar-refractivity contribution in [3.63, 3.8) is 0 Å². The lowest BCUT2D eigenvalue weighted by Gasteiger charge is -2.21. The number of carbonyl (C=O) groups is 1. The predicted octanol–water partition coefficient (Wildman–Crippen LogP) is 1.82. The fraction of sp³-hybridized carbons (Fsp3) is 0.333. The summed E-state index contributed by atoms with van der Waals surface area (Å²) in [6.45, 7) is 5.75. The monoisotopic (exact) mass is 272 g/mol. The average molecular weight is 272 g/mol. The van der Waals surface area contributed by atoms with Gasteiger partial charge in [0, 0.05) is 31.5 Å². The molecule has 5 nitrogen and oxygen atoms in total. The highest BCUT2D eigenvalue weighted by Gasteiger charge is 2.19. The molecule has 1 heterocycles. The summed E-state index contributed by atoms with van der Waals surface area (Å²) in [5.41, 5.74) is 7.94. The molecule has 0 radical (unpaired) electrons. The van der Waals surface area contributed by atoms with Crippen LogP contribution in [0.5, 0.6) is 0 Å². The highest BCUT2D eigenvalue weighted by Crippen LogP contribution is 2.20. The van der Waals surface area contributed by atoms with E-state index in [1.54, 1.807) is 17.4 Å². The summed E-state index contributed by atoms with van der Waals surface area (Å²) in [7, 11) is 0. The number of carbonyl (C=O) groups excluding carboxylic acids is 1. The highest BCUT2D eigenvalue weighted by atomic mass is 16.2. The van der Waals surface area contributed by atoms with Gasteiger partial charge in [0.25, 0.3) is 5.91 Å². The highest BCUT2D eigenvalue weighted by molar-refractivity contribution is 6.05. The first-order valence-electron chi connectivity index (χ1n) is 6.76. The Labute approximate surface area is 119 Å². The van der Waals surface area contributed by atoms with Crippen molar-refractivity contribution in [3.8, 4) is 0 Å². The molecule has 0 fully saturated rings. The molecule has 20 heavy (non-hydrogen) atoms. The smallest absolute Gasteiger partial charge is 0.278 e. The predicted molar refractivity (Wildman–Crippen MR) is 79.8 cm³/mol. The third-order valence-electron chi connectivity index (χ3n) is 3.21. The summed E-state index contributed by atoms with van der Waals surface area (Å²) in [4.78, 5) is 18.5. The molecule has 0 bridgehead atoms. The lowest BCUT2D eigenvalue weighted by molar-refractivity contribution is 0.0983. The van der Waals surface area contributed by atoms with Crippen LogP contribution in [-0.2, 0) is 6.54 Å². The molecule has 106 valence electrons. The van der Waals surface area contributed by atoms with Crippen LogP contribution >= 0.6 is 0 Å². The van der Waals surface area contributed by atoms with E-state index >= 15 is 0 Å². The van der Waals surface area contributed by atoms with Gasteiger partial charge in [-0.05, 0) is 25.5 Å². The molecule has 2 aromatic rings. The molecule has 0 saturated heterocycles. The third-order valence-corrected chi connectivity index (χ3v) is 3.21. The number of para-hydroxylation sites is 1. The topological polar surface area (TPSA) is 64.2 Å². The van der Waals surface area contributed by atoms with Gasteiger partial charge in [-0.1, -0.05) is 18.2 Å². The van der Waals surface area contributed by atoms with Crippen LogP contribution in [0.15, 0.2) is 36.8 Å². The van der Waals surface area contributed by atoms with Gasteiger partial charge < -0.3 is 15.2 Å². The summed E-state index contributed by atoms with van der Waals surface area (Å²) in [6, 6.07) is 7.85. The largest absolute Gasteiger partial charge is 0.335 e. The Kier molecular flexibility index (Phi) is 4.53. The molecule has 1 aromatic carbocycles. The summed E-state index contributed by atoms with van der Waals surface area (Å²) in [5, 5.41) is 0. The van der Waals surface area contributed by atoms with Gasteiger partial charge in [0.05, 0.1) is 6.33 Å². The second-order valence-electron chi connectivity index (χ2n) is 4.62. The number of imidazole rings is 1. The van der Waals surface area contributed by atoms with Gasteiger partial charge in [-0.25, -0.2) is 4.98 Å². The number of nitrogens with zero attached hydrogens (tertiary/aromatic N) is 3. The normalized spacial score (nSPS) is 10.6. The van der Waals surface area contributed by atoms with Crippen molar-refractivity contribution in [1.82, 2.24) is 9.55 Å². The van der Waals surface area contributed by atoms with E-state index in [0.29, 0.717) is 25.3 Å². The number of nitrogens with two attached hydrogens (primary N) is 1. The summed E-state index contributed by atoms with van der Waals surface area (Å²) >= 11 is 0. The number of hydrogen-bond donors (Lipinski definition) is 1. The quantitative estimate of drug-likeness (QED) is 0.903. The van der Waals surface area contributed by atoms with Crippen molar-refractivity contribution in [1.29, 1.82) is 0 Å². The number of aromatic nitrogens is 2. The number of rotatable bonds is 5. The maximum atomic E-state index is 12.6. The van der Waals surface area contributed by atoms with Crippen LogP contribution in [0.1, 0.15) is 23.0 Å². The SMILES string of the molecule is CCN(C(=O)c1cn(CCN)cn1)c1ccccc1C. The summed E-state index contributed by atoms with van der Waals surface area (Å²) in [6.07, 6.45) is 3.39. The minimum absolute atomic E-state index is 0.0856. The molecular weight excluding hydrogens is 252 g/mol. The molecule has 0 saturated carbocycles. The fourth-order valence-electron chi connectivity index (χ4n) is 2.17. The number of hydrogen-bond acceptors (Lipinski definition) is 3. The van der Waals surface area contributed by atoms with Gasteiger partial charge in [-0.3, -0.25) is 4.79 Å². The van der Waals surface area contributed by atoms with Crippen molar-refractivity contribution >= 4 is 11.6 Å². The average Bonchev–Trinajstić information content (AvgIpc) is 2.90. The Hall–Kier alpha value is -2.14. The molecule has 0 aliphatic rings. The molecule has 5 heteroatoms. The van der Waals surface area contributed by atoms with E-state index in [1.807, 2.05) is 42.7 Å². The van der Waals surface area contributed by atoms with E-state index in [2.05, 4.69) is 4.98 Å². The van der Waals surface area contributed by atoms with Gasteiger partial charge in [-0.15, -0.1) is 0 Å². The van der Waals surface area contributed by atoms with Crippen LogP contribution < -0.4 is 10.6 Å². The molecule has 2 rings (SSSR count). The molecule has 0 aliphatic carbocycles. The molecule has 1 amide bonds. The Balaban J connectivity index is 2.27. The van der Waals surface area contributed by atoms with Crippen LogP contribution in [0.3, 0.4) is 0 Å². The van der Waals surface area contributed by atoms with Crippen molar-refractivity contribution in [2.24, 2.45) is 5.73 Å². The van der Waals surface area contributed by atoms with Crippen LogP contribution in [0.2, 0.25) is 0 Å². The minimum Gasteiger partial charge on any atom is -0.335 e. The number of aryl methyl sites for hydroxylation is 1. The van der Waals surface area contributed by atoms with Crippen molar-refractivity contribution in [2.75, 3.05) is 18.0 Å². The van der Waals surface area contributed by atoms with Crippen molar-refractivity contribution in [3.05, 3.63) is 48.0 Å². The zero-order valence-corrected chi connectivity index (χ0v) is 11.9. The van der Waals surface area contributed by atoms with E-state index in [-0.39, 0.29) is 5.91 Å².